The summed E-state index contributed by atoms with van der Waals surface area (Å²) in [5.74, 6) is 0.605. The number of hydrogen-bond acceptors (Lipinski definition) is 0. The van der Waals surface area contributed by atoms with E-state index in [1.54, 1.807) is 0 Å². The largest absolute Gasteiger partial charge is 0.180 e. The van der Waals surface area contributed by atoms with Crippen LogP contribution in [-0.4, -0.2) is 8.07 Å². The number of fused-ring (bicyclic) bond motifs is 3. The molecule has 218 valence electrons. The third-order valence-corrected chi connectivity index (χ3v) is 15.2. The van der Waals surface area contributed by atoms with Gasteiger partial charge in [0.05, 0.1) is 0 Å². The summed E-state index contributed by atoms with van der Waals surface area (Å²) >= 11 is 0. The highest BCUT2D eigenvalue weighted by molar-refractivity contribution is 7.22. The average molecular weight is 595 g/mol. The molecule has 0 radical (unpaired) electrons. The van der Waals surface area contributed by atoms with Crippen LogP contribution in [0.25, 0.3) is 16.7 Å². The monoisotopic (exact) mass is 594 g/mol. The van der Waals surface area contributed by atoms with Gasteiger partial charge >= 0.3 is 0 Å². The fourth-order valence-corrected chi connectivity index (χ4v) is 13.2. The van der Waals surface area contributed by atoms with Crippen molar-refractivity contribution in [1.82, 2.24) is 0 Å². The van der Waals surface area contributed by atoms with Crippen LogP contribution < -0.4 is 20.7 Å². The summed E-state index contributed by atoms with van der Waals surface area (Å²) < 4.78 is 0. The topological polar surface area (TPSA) is 0 Å². The Kier molecular flexibility index (Phi) is 6.81. The standard InChI is InChI=1S/C44H38Si/c1-32-21-23-34(24-22-32)36-29-35(33-13-5-3-6-14-33)30-44(2,31-36)37-25-27-39(28-26-37)45(38-15-7-4-8-16-38)42-19-11-9-17-40(42)41-18-10-12-20-43(41)45/h3-21,23-30,32H,22,31H2,1-2H3. The van der Waals surface area contributed by atoms with Crippen molar-refractivity contribution in [2.45, 2.75) is 32.1 Å². The van der Waals surface area contributed by atoms with Crippen LogP contribution in [0.5, 0.6) is 0 Å². The van der Waals surface area contributed by atoms with Crippen molar-refractivity contribution in [2.24, 2.45) is 5.92 Å². The maximum absolute atomic E-state index is 2.52. The second kappa shape index (κ2) is 11.0. The molecule has 2 unspecified atom stereocenters. The van der Waals surface area contributed by atoms with Crippen molar-refractivity contribution in [1.29, 1.82) is 0 Å². The highest BCUT2D eigenvalue weighted by Gasteiger charge is 2.48. The van der Waals surface area contributed by atoms with Crippen LogP contribution in [0.3, 0.4) is 0 Å². The third kappa shape index (κ3) is 4.57. The first kappa shape index (κ1) is 27.8. The van der Waals surface area contributed by atoms with Crippen LogP contribution in [0.15, 0.2) is 175 Å². The van der Waals surface area contributed by atoms with Crippen molar-refractivity contribution in [3.05, 3.63) is 186 Å². The Balaban J connectivity index is 1.27. The number of rotatable bonds is 5. The van der Waals surface area contributed by atoms with E-state index in [1.807, 2.05) is 0 Å². The van der Waals surface area contributed by atoms with Gasteiger partial charge in [0, 0.05) is 5.41 Å². The first-order valence-electron chi connectivity index (χ1n) is 16.3. The molecule has 3 aliphatic rings. The molecule has 5 aromatic carbocycles. The molecule has 0 saturated carbocycles. The van der Waals surface area contributed by atoms with E-state index in [0.717, 1.165) is 12.8 Å². The van der Waals surface area contributed by atoms with E-state index in [2.05, 4.69) is 178 Å². The lowest BCUT2D eigenvalue weighted by Gasteiger charge is -2.35. The quantitative estimate of drug-likeness (QED) is 0.176. The maximum atomic E-state index is 2.52. The second-order valence-electron chi connectivity index (χ2n) is 13.2. The molecule has 2 aliphatic carbocycles. The van der Waals surface area contributed by atoms with Gasteiger partial charge in [0.1, 0.15) is 0 Å². The van der Waals surface area contributed by atoms with Crippen molar-refractivity contribution in [2.75, 3.05) is 0 Å². The SMILES string of the molecule is CC1C=CC(C2=CC(c3ccccc3)=CC(C)(c3ccc([Si]4(c5ccccc5)c5ccccc5-c5ccccc54)cc3)C2)=CC1. The zero-order chi connectivity index (χ0) is 30.4. The minimum atomic E-state index is -2.48. The number of benzene rings is 5. The molecule has 45 heavy (non-hydrogen) atoms. The van der Waals surface area contributed by atoms with Gasteiger partial charge in [0.25, 0.3) is 0 Å². The van der Waals surface area contributed by atoms with Crippen LogP contribution in [0.1, 0.15) is 37.8 Å². The summed E-state index contributed by atoms with van der Waals surface area (Å²) in [5, 5.41) is 5.89. The Morgan fingerprint density at radius 3 is 1.82 bits per heavy atom. The smallest absolute Gasteiger partial charge is 0.0808 e. The average Bonchev–Trinajstić information content (AvgIpc) is 3.40. The predicted octanol–water partition coefficient (Wildman–Crippen LogP) is 8.24. The van der Waals surface area contributed by atoms with Crippen LogP contribution in [-0.2, 0) is 5.41 Å². The molecule has 0 fully saturated rings. The second-order valence-corrected chi connectivity index (χ2v) is 17.0. The highest BCUT2D eigenvalue weighted by atomic mass is 28.3. The summed E-state index contributed by atoms with van der Waals surface area (Å²) in [4.78, 5) is 0. The van der Waals surface area contributed by atoms with Crippen LogP contribution in [0.4, 0.5) is 0 Å². The molecule has 0 nitrogen and oxygen atoms in total. The highest BCUT2D eigenvalue weighted by Crippen LogP contribution is 2.43. The molecular weight excluding hydrogens is 557 g/mol. The lowest BCUT2D eigenvalue weighted by Crippen LogP contribution is -2.72. The van der Waals surface area contributed by atoms with E-state index in [4.69, 9.17) is 0 Å². The zero-order valence-electron chi connectivity index (χ0n) is 26.1. The van der Waals surface area contributed by atoms with Gasteiger partial charge < -0.3 is 0 Å². The van der Waals surface area contributed by atoms with E-state index in [1.165, 1.54) is 59.7 Å². The van der Waals surface area contributed by atoms with Crippen LogP contribution in [0, 0.1) is 5.92 Å². The van der Waals surface area contributed by atoms with Crippen LogP contribution in [0.2, 0.25) is 0 Å². The van der Waals surface area contributed by atoms with Crippen molar-refractivity contribution in [3.63, 3.8) is 0 Å². The Morgan fingerprint density at radius 2 is 1.20 bits per heavy atom. The summed E-state index contributed by atoms with van der Waals surface area (Å²) in [6.07, 6.45) is 14.2. The van der Waals surface area contributed by atoms with Gasteiger partial charge in [-0.2, -0.15) is 0 Å². The normalized spacial score (nSPS) is 21.3. The molecule has 8 rings (SSSR count). The Bertz CT molecular complexity index is 1960. The van der Waals surface area contributed by atoms with E-state index < -0.39 is 8.07 Å². The van der Waals surface area contributed by atoms with Gasteiger partial charge in [0.2, 0.25) is 0 Å². The molecule has 1 heteroatoms. The first-order valence-corrected chi connectivity index (χ1v) is 18.3. The van der Waals surface area contributed by atoms with Gasteiger partial charge in [-0.3, -0.25) is 0 Å². The molecule has 0 spiro atoms. The molecule has 0 amide bonds. The third-order valence-electron chi connectivity index (χ3n) is 10.3. The molecule has 0 saturated heterocycles. The van der Waals surface area contributed by atoms with Gasteiger partial charge in [-0.15, -0.1) is 0 Å². The van der Waals surface area contributed by atoms with E-state index in [9.17, 15) is 0 Å². The lowest BCUT2D eigenvalue weighted by molar-refractivity contribution is 0.586. The van der Waals surface area contributed by atoms with Crippen LogP contribution >= 0.6 is 0 Å². The number of hydrogen-bond donors (Lipinski definition) is 0. The lowest BCUT2D eigenvalue weighted by atomic mass is 9.70. The van der Waals surface area contributed by atoms with Gasteiger partial charge in [0.15, 0.2) is 8.07 Å². The zero-order valence-corrected chi connectivity index (χ0v) is 27.1. The summed E-state index contributed by atoms with van der Waals surface area (Å²) in [7, 11) is -2.48. The van der Waals surface area contributed by atoms with Gasteiger partial charge in [-0.05, 0) is 78.5 Å². The Labute approximate surface area is 268 Å². The van der Waals surface area contributed by atoms with Crippen molar-refractivity contribution < 1.29 is 0 Å². The maximum Gasteiger partial charge on any atom is 0.180 e. The van der Waals surface area contributed by atoms with E-state index in [0.29, 0.717) is 5.92 Å². The molecular formula is C44H38Si. The van der Waals surface area contributed by atoms with Crippen molar-refractivity contribution >= 4 is 34.4 Å². The molecule has 0 N–H and O–H groups in total. The Hall–Kier alpha value is -4.72. The van der Waals surface area contributed by atoms with Gasteiger partial charge in [-0.1, -0.05) is 178 Å². The Morgan fingerprint density at radius 1 is 0.622 bits per heavy atom. The summed E-state index contributed by atoms with van der Waals surface area (Å²) in [6, 6.07) is 50.3. The first-order chi connectivity index (χ1) is 22.1. The molecule has 1 aliphatic heterocycles. The predicted molar refractivity (Wildman–Crippen MR) is 195 cm³/mol. The summed E-state index contributed by atoms with van der Waals surface area (Å²) in [5.41, 5.74) is 9.42. The molecule has 2 atom stereocenters. The minimum absolute atomic E-state index is 0.127. The number of allylic oxidation sites excluding steroid dienone is 8. The summed E-state index contributed by atoms with van der Waals surface area (Å²) in [6.45, 7) is 4.73. The minimum Gasteiger partial charge on any atom is -0.0808 e. The van der Waals surface area contributed by atoms with Crippen molar-refractivity contribution in [3.8, 4) is 11.1 Å². The fraction of sp³-hybridized carbons (Fsp3) is 0.136. The molecule has 1 heterocycles. The van der Waals surface area contributed by atoms with E-state index in [-0.39, 0.29) is 5.41 Å². The fourth-order valence-electron chi connectivity index (χ4n) is 8.02. The van der Waals surface area contributed by atoms with Gasteiger partial charge in [-0.25, -0.2) is 0 Å². The molecule has 0 aromatic heterocycles. The molecule has 0 bridgehead atoms. The van der Waals surface area contributed by atoms with E-state index >= 15 is 0 Å². The molecule has 5 aromatic rings.